The smallest absolute Gasteiger partial charge is 0.408 e. The van der Waals surface area contributed by atoms with Crippen LogP contribution in [-0.4, -0.2) is 136 Å². The van der Waals surface area contributed by atoms with Crippen LogP contribution in [0.15, 0.2) is 47.3 Å². The van der Waals surface area contributed by atoms with Gasteiger partial charge in [0.1, 0.15) is 18.0 Å². The lowest BCUT2D eigenvalue weighted by molar-refractivity contribution is -0.147. The van der Waals surface area contributed by atoms with Crippen molar-refractivity contribution >= 4 is 34.6 Å². The number of hydrogen-bond donors (Lipinski definition) is 2. The van der Waals surface area contributed by atoms with E-state index in [2.05, 4.69) is 27.3 Å². The minimum atomic E-state index is -0.632. The predicted molar refractivity (Wildman–Crippen MR) is 231 cm³/mol. The third-order valence-corrected chi connectivity index (χ3v) is 12.1. The number of likely N-dealkylation sites (tertiary alicyclic amines) is 2. The molecule has 0 unspecified atom stereocenters. The summed E-state index contributed by atoms with van der Waals surface area (Å²) >= 11 is 0. The summed E-state index contributed by atoms with van der Waals surface area (Å²) in [6, 6.07) is 11.6. The zero-order valence-corrected chi connectivity index (χ0v) is 36.4. The van der Waals surface area contributed by atoms with Gasteiger partial charge in [-0.2, -0.15) is 5.10 Å². The van der Waals surface area contributed by atoms with E-state index in [9.17, 15) is 28.4 Å². The summed E-state index contributed by atoms with van der Waals surface area (Å²) in [6.07, 6.45) is 11.7. The van der Waals surface area contributed by atoms with Gasteiger partial charge in [-0.15, -0.1) is 0 Å². The van der Waals surface area contributed by atoms with Crippen molar-refractivity contribution in [3.05, 3.63) is 75.5 Å². The van der Waals surface area contributed by atoms with Crippen molar-refractivity contribution in [2.45, 2.75) is 116 Å². The summed E-state index contributed by atoms with van der Waals surface area (Å²) in [5.74, 6) is -1.18. The second-order valence-electron chi connectivity index (χ2n) is 18.1. The molecule has 15 heteroatoms. The van der Waals surface area contributed by atoms with Crippen LogP contribution in [-0.2, 0) is 25.5 Å². The minimum Gasteiger partial charge on any atom is -0.444 e. The first kappa shape index (κ1) is 45.6. The standard InChI is InChI=1S/C40H52FN7O7.C6H12/c1-39(2,3)55-38(53)42-25-34(49)46-17-13-40(4,14-18-46)54-28-11-15-45(16-12-28)26-35(50)47-19-21-48(22-20-47)37(52)31-23-27(9-10-32(31)41)24-33-29-7-5-6-8-30(29)36(51)44-43-33;1-2-4-6-5-3-1/h5-10,23,28H,11-22,24-26H2,1-4H3,(H,42,53)(H,44,51);1-6H2. The number of halogens is 1. The molecule has 4 aliphatic rings. The predicted octanol–water partition coefficient (Wildman–Crippen LogP) is 5.66. The number of nitrogens with one attached hydrogen (secondary N) is 2. The highest BCUT2D eigenvalue weighted by atomic mass is 19.1. The number of benzene rings is 2. The lowest BCUT2D eigenvalue weighted by Gasteiger charge is -2.43. The number of carbonyl (C=O) groups is 4. The van der Waals surface area contributed by atoms with Crippen molar-refractivity contribution < 1.29 is 33.0 Å². The van der Waals surface area contributed by atoms with Gasteiger partial charge in [0, 0.05) is 64.2 Å². The van der Waals surface area contributed by atoms with Crippen LogP contribution >= 0.6 is 0 Å². The number of amides is 4. The van der Waals surface area contributed by atoms with Gasteiger partial charge in [0.15, 0.2) is 0 Å². The molecular weight excluding hydrogens is 782 g/mol. The molecule has 1 aromatic heterocycles. The van der Waals surface area contributed by atoms with Gasteiger partial charge in [-0.3, -0.25) is 24.1 Å². The van der Waals surface area contributed by atoms with E-state index in [-0.39, 0.29) is 47.7 Å². The molecule has 3 aliphatic heterocycles. The van der Waals surface area contributed by atoms with E-state index < -0.39 is 23.4 Å². The normalized spacial score (nSPS) is 18.9. The van der Waals surface area contributed by atoms with Crippen molar-refractivity contribution in [2.24, 2.45) is 0 Å². The Morgan fingerprint density at radius 2 is 1.41 bits per heavy atom. The van der Waals surface area contributed by atoms with E-state index in [0.717, 1.165) is 25.9 Å². The van der Waals surface area contributed by atoms with Crippen LogP contribution in [0.4, 0.5) is 9.18 Å². The molecule has 4 amide bonds. The molecule has 0 spiro atoms. The van der Waals surface area contributed by atoms with Crippen LogP contribution in [0.3, 0.4) is 0 Å². The summed E-state index contributed by atoms with van der Waals surface area (Å²) in [5.41, 5.74) is 0.0101. The van der Waals surface area contributed by atoms with Crippen LogP contribution in [0.5, 0.6) is 0 Å². The van der Waals surface area contributed by atoms with Gasteiger partial charge >= 0.3 is 6.09 Å². The number of piperidine rings is 2. The number of nitrogens with zero attached hydrogens (tertiary/aromatic N) is 5. The molecule has 61 heavy (non-hydrogen) atoms. The van der Waals surface area contributed by atoms with Gasteiger partial charge in [-0.05, 0) is 77.1 Å². The van der Waals surface area contributed by atoms with E-state index >= 15 is 0 Å². The average molecular weight is 846 g/mol. The molecule has 3 aromatic rings. The monoisotopic (exact) mass is 845 g/mol. The molecule has 2 N–H and O–H groups in total. The van der Waals surface area contributed by atoms with E-state index in [1.54, 1.807) is 59.7 Å². The Morgan fingerprint density at radius 3 is 2.03 bits per heavy atom. The van der Waals surface area contributed by atoms with E-state index in [4.69, 9.17) is 9.47 Å². The fourth-order valence-corrected chi connectivity index (χ4v) is 8.54. The molecule has 0 bridgehead atoms. The highest BCUT2D eigenvalue weighted by molar-refractivity contribution is 5.95. The van der Waals surface area contributed by atoms with E-state index in [1.807, 2.05) is 12.1 Å². The first-order chi connectivity index (χ1) is 29.2. The van der Waals surface area contributed by atoms with Crippen molar-refractivity contribution in [3.63, 3.8) is 0 Å². The molecule has 4 fully saturated rings. The molecule has 7 rings (SSSR count). The zero-order chi connectivity index (χ0) is 43.6. The number of hydrogen-bond acceptors (Lipinski definition) is 9. The Morgan fingerprint density at radius 1 is 0.820 bits per heavy atom. The second kappa shape index (κ2) is 20.8. The molecule has 1 saturated carbocycles. The van der Waals surface area contributed by atoms with Crippen LogP contribution in [0.25, 0.3) is 10.8 Å². The van der Waals surface area contributed by atoms with Gasteiger partial charge in [-0.25, -0.2) is 14.3 Å². The summed E-state index contributed by atoms with van der Waals surface area (Å²) in [6.45, 7) is 11.5. The maximum Gasteiger partial charge on any atom is 0.408 e. The summed E-state index contributed by atoms with van der Waals surface area (Å²) < 4.78 is 26.8. The average Bonchev–Trinajstić information content (AvgIpc) is 3.25. The summed E-state index contributed by atoms with van der Waals surface area (Å²) in [4.78, 5) is 70.8. The highest BCUT2D eigenvalue weighted by Gasteiger charge is 2.36. The number of fused-ring (bicyclic) bond motifs is 1. The summed E-state index contributed by atoms with van der Waals surface area (Å²) in [5, 5.41) is 10.5. The minimum absolute atomic E-state index is 0.00503. The Kier molecular flexibility index (Phi) is 15.5. The quantitative estimate of drug-likeness (QED) is 0.277. The van der Waals surface area contributed by atoms with E-state index in [1.165, 1.54) is 44.6 Å². The number of rotatable bonds is 9. The van der Waals surface area contributed by atoms with Crippen molar-refractivity contribution in [1.29, 1.82) is 0 Å². The van der Waals surface area contributed by atoms with Crippen LogP contribution in [0, 0.1) is 5.82 Å². The number of alkyl carbamates (subject to hydrolysis) is 1. The molecule has 3 saturated heterocycles. The Balaban J connectivity index is 0.000000953. The van der Waals surface area contributed by atoms with Crippen LogP contribution in [0.1, 0.15) is 114 Å². The van der Waals surface area contributed by atoms with Gasteiger partial charge in [0.05, 0.1) is 34.9 Å². The number of piperazine rings is 1. The van der Waals surface area contributed by atoms with Crippen molar-refractivity contribution in [1.82, 2.24) is 35.1 Å². The van der Waals surface area contributed by atoms with Gasteiger partial charge < -0.3 is 29.5 Å². The van der Waals surface area contributed by atoms with Crippen LogP contribution in [0.2, 0.25) is 0 Å². The zero-order valence-electron chi connectivity index (χ0n) is 36.4. The first-order valence-electron chi connectivity index (χ1n) is 22.1. The SMILES string of the molecule is C1CCCCC1.CC(C)(C)OC(=O)NCC(=O)N1CCC(C)(OC2CCN(CC(=O)N3CCN(C(=O)c4cc(Cc5n[nH]c(=O)c6ccccc56)ccc4F)CC3)CC2)CC1. The Bertz CT molecular complexity index is 2030. The lowest BCUT2D eigenvalue weighted by atomic mass is 9.92. The first-order valence-corrected chi connectivity index (χ1v) is 22.1. The molecule has 0 radical (unpaired) electrons. The fourth-order valence-electron chi connectivity index (χ4n) is 8.54. The lowest BCUT2D eigenvalue weighted by Crippen LogP contribution is -2.54. The Hall–Kier alpha value is -4.89. The van der Waals surface area contributed by atoms with E-state index in [0.29, 0.717) is 80.6 Å². The summed E-state index contributed by atoms with van der Waals surface area (Å²) in [7, 11) is 0. The largest absolute Gasteiger partial charge is 0.444 e. The van der Waals surface area contributed by atoms with Gasteiger partial charge in [0.2, 0.25) is 11.8 Å². The molecule has 332 valence electrons. The highest BCUT2D eigenvalue weighted by Crippen LogP contribution is 2.30. The number of ether oxygens (including phenoxy) is 2. The number of H-pyrrole nitrogens is 1. The third-order valence-electron chi connectivity index (χ3n) is 12.1. The maximum atomic E-state index is 15.0. The second-order valence-corrected chi connectivity index (χ2v) is 18.1. The third kappa shape index (κ3) is 13.1. The molecular formula is C46H64FN7O7. The molecule has 4 heterocycles. The molecule has 14 nitrogen and oxygen atoms in total. The van der Waals surface area contributed by atoms with Crippen molar-refractivity contribution in [2.75, 3.05) is 65.4 Å². The van der Waals surface area contributed by atoms with Crippen LogP contribution < -0.4 is 10.9 Å². The molecule has 2 aromatic carbocycles. The number of carbonyl (C=O) groups excluding carboxylic acids is 4. The maximum absolute atomic E-state index is 15.0. The molecule has 0 atom stereocenters. The molecule has 1 aliphatic carbocycles. The van der Waals surface area contributed by atoms with Gasteiger partial charge in [-0.1, -0.05) is 62.8 Å². The number of aromatic amines is 1. The fraction of sp³-hybridized carbons (Fsp3) is 0.609. The van der Waals surface area contributed by atoms with Crippen molar-refractivity contribution in [3.8, 4) is 0 Å². The topological polar surface area (TPSA) is 157 Å². The Labute approximate surface area is 358 Å². The van der Waals surface area contributed by atoms with Gasteiger partial charge in [0.25, 0.3) is 11.5 Å². The number of aromatic nitrogens is 2.